The van der Waals surface area contributed by atoms with Crippen molar-refractivity contribution in [1.29, 1.82) is 0 Å². The first kappa shape index (κ1) is 16.3. The van der Waals surface area contributed by atoms with E-state index >= 15 is 0 Å². The molecule has 0 spiro atoms. The van der Waals surface area contributed by atoms with Crippen molar-refractivity contribution in [3.05, 3.63) is 47.0 Å². The smallest absolute Gasteiger partial charge is 0.321 e. The fourth-order valence-electron chi connectivity index (χ4n) is 6.31. The average molecular weight is 368 g/mol. The second kappa shape index (κ2) is 5.81. The third kappa shape index (κ3) is 2.73. The molecule has 5 heteroatoms. The lowest BCUT2D eigenvalue weighted by Crippen LogP contribution is -2.64. The number of benzene rings is 1. The maximum Gasteiger partial charge on any atom is 0.321 e. The number of carbonyl (C=O) groups excluding carboxylic acids is 1. The zero-order valence-electron chi connectivity index (χ0n) is 15.1. The zero-order chi connectivity index (χ0) is 17.8. The molecule has 4 aliphatic rings. The van der Waals surface area contributed by atoms with Crippen LogP contribution in [0.2, 0.25) is 0 Å². The van der Waals surface area contributed by atoms with Crippen LogP contribution in [0.25, 0.3) is 0 Å². The Labute approximate surface area is 158 Å². The summed E-state index contributed by atoms with van der Waals surface area (Å²) < 4.78 is 0. The van der Waals surface area contributed by atoms with Crippen LogP contribution in [0.5, 0.6) is 0 Å². The first-order valence-electron chi connectivity index (χ1n) is 9.60. The summed E-state index contributed by atoms with van der Waals surface area (Å²) in [5.41, 5.74) is 2.97. The number of urea groups is 1. The number of carbonyl (C=O) groups is 1. The average Bonchev–Trinajstić information content (AvgIpc) is 3.06. The monoisotopic (exact) mass is 367 g/mol. The van der Waals surface area contributed by atoms with E-state index in [4.69, 9.17) is 0 Å². The Morgan fingerprint density at radius 1 is 1.15 bits per heavy atom. The van der Waals surface area contributed by atoms with Gasteiger partial charge in [0.25, 0.3) is 0 Å². The molecule has 0 saturated heterocycles. The summed E-state index contributed by atoms with van der Waals surface area (Å²) in [4.78, 5) is 16.8. The van der Waals surface area contributed by atoms with Crippen LogP contribution in [0.15, 0.2) is 35.8 Å². The summed E-state index contributed by atoms with van der Waals surface area (Å²) >= 11 is 1.46. The van der Waals surface area contributed by atoms with Crippen molar-refractivity contribution < 1.29 is 4.79 Å². The Hall–Kier alpha value is -1.88. The molecule has 136 valence electrons. The van der Waals surface area contributed by atoms with Crippen LogP contribution < -0.4 is 10.6 Å². The molecule has 0 radical (unpaired) electrons. The molecular formula is C21H25N3OS. The number of nitrogens with one attached hydrogen (secondary N) is 2. The van der Waals surface area contributed by atoms with Crippen molar-refractivity contribution >= 4 is 22.5 Å². The van der Waals surface area contributed by atoms with Crippen LogP contribution in [-0.4, -0.2) is 16.6 Å². The number of aryl methyl sites for hydroxylation is 1. The lowest BCUT2D eigenvalue weighted by molar-refractivity contribution is -0.0343. The molecule has 0 unspecified atom stereocenters. The van der Waals surface area contributed by atoms with Gasteiger partial charge in [-0.05, 0) is 68.3 Å². The van der Waals surface area contributed by atoms with E-state index in [9.17, 15) is 4.79 Å². The third-order valence-corrected chi connectivity index (χ3v) is 7.45. The Morgan fingerprint density at radius 2 is 1.88 bits per heavy atom. The Balaban J connectivity index is 1.41. The van der Waals surface area contributed by atoms with Gasteiger partial charge in [0.1, 0.15) is 0 Å². The lowest BCUT2D eigenvalue weighted by Gasteiger charge is -2.62. The zero-order valence-corrected chi connectivity index (χ0v) is 15.9. The molecule has 4 nitrogen and oxygen atoms in total. The van der Waals surface area contributed by atoms with E-state index in [1.54, 1.807) is 6.20 Å². The SMILES string of the molecule is Cc1ccc(C23C[C@@H]4C[C@H](CC(NC(=O)Nc5nccs5)(C4)C2)C3)cc1. The number of anilines is 1. The maximum atomic E-state index is 12.6. The lowest BCUT2D eigenvalue weighted by atomic mass is 9.45. The predicted molar refractivity (Wildman–Crippen MR) is 105 cm³/mol. The van der Waals surface area contributed by atoms with Gasteiger partial charge in [-0.3, -0.25) is 5.32 Å². The molecule has 6 rings (SSSR count). The highest BCUT2D eigenvalue weighted by atomic mass is 32.1. The van der Waals surface area contributed by atoms with Gasteiger partial charge < -0.3 is 5.32 Å². The van der Waals surface area contributed by atoms with Gasteiger partial charge in [-0.15, -0.1) is 11.3 Å². The third-order valence-electron chi connectivity index (χ3n) is 6.76. The second-order valence-electron chi connectivity index (χ2n) is 8.80. The summed E-state index contributed by atoms with van der Waals surface area (Å²) in [5.74, 6) is 1.47. The molecule has 2 N–H and O–H groups in total. The van der Waals surface area contributed by atoms with Gasteiger partial charge in [0, 0.05) is 17.1 Å². The van der Waals surface area contributed by atoms with Gasteiger partial charge in [-0.1, -0.05) is 29.8 Å². The minimum absolute atomic E-state index is 0.0592. The molecular weight excluding hydrogens is 342 g/mol. The minimum Gasteiger partial charge on any atom is -0.332 e. The van der Waals surface area contributed by atoms with Gasteiger partial charge in [-0.2, -0.15) is 0 Å². The van der Waals surface area contributed by atoms with Gasteiger partial charge in [0.15, 0.2) is 5.13 Å². The maximum absolute atomic E-state index is 12.6. The summed E-state index contributed by atoms with van der Waals surface area (Å²) in [7, 11) is 0. The van der Waals surface area contributed by atoms with E-state index in [0.717, 1.165) is 31.1 Å². The fraction of sp³-hybridized carbons (Fsp3) is 0.524. The highest BCUT2D eigenvalue weighted by Crippen LogP contribution is 2.62. The second-order valence-corrected chi connectivity index (χ2v) is 9.70. The van der Waals surface area contributed by atoms with E-state index in [1.165, 1.54) is 41.7 Å². The summed E-state index contributed by atoms with van der Waals surface area (Å²) in [6.07, 6.45) is 8.95. The Morgan fingerprint density at radius 3 is 2.54 bits per heavy atom. The number of rotatable bonds is 3. The molecule has 2 aromatic rings. The first-order chi connectivity index (χ1) is 12.5. The van der Waals surface area contributed by atoms with Crippen molar-refractivity contribution in [1.82, 2.24) is 10.3 Å². The van der Waals surface area contributed by atoms with Crippen LogP contribution >= 0.6 is 11.3 Å². The van der Waals surface area contributed by atoms with Crippen LogP contribution in [0, 0.1) is 18.8 Å². The topological polar surface area (TPSA) is 54.0 Å². The molecule has 2 atom stereocenters. The molecule has 4 saturated carbocycles. The summed E-state index contributed by atoms with van der Waals surface area (Å²) in [6.45, 7) is 2.15. The van der Waals surface area contributed by atoms with Crippen molar-refractivity contribution in [3.8, 4) is 0 Å². The molecule has 1 aromatic carbocycles. The summed E-state index contributed by atoms with van der Waals surface area (Å²) in [6, 6.07) is 9.03. The van der Waals surface area contributed by atoms with Crippen LogP contribution in [-0.2, 0) is 5.41 Å². The van der Waals surface area contributed by atoms with Crippen LogP contribution in [0.3, 0.4) is 0 Å². The predicted octanol–water partition coefficient (Wildman–Crippen LogP) is 4.86. The van der Waals surface area contributed by atoms with E-state index in [-0.39, 0.29) is 17.0 Å². The van der Waals surface area contributed by atoms with E-state index < -0.39 is 0 Å². The number of hydrogen-bond acceptors (Lipinski definition) is 3. The number of aromatic nitrogens is 1. The highest BCUT2D eigenvalue weighted by molar-refractivity contribution is 7.13. The quantitative estimate of drug-likeness (QED) is 0.814. The molecule has 26 heavy (non-hydrogen) atoms. The van der Waals surface area contributed by atoms with E-state index in [1.807, 2.05) is 5.38 Å². The van der Waals surface area contributed by atoms with Crippen molar-refractivity contribution in [2.24, 2.45) is 11.8 Å². The molecule has 1 aromatic heterocycles. The molecule has 2 amide bonds. The number of amides is 2. The van der Waals surface area contributed by atoms with Gasteiger partial charge in [-0.25, -0.2) is 9.78 Å². The van der Waals surface area contributed by atoms with Crippen LogP contribution in [0.4, 0.5) is 9.93 Å². The molecule has 4 fully saturated rings. The number of thiazole rings is 1. The van der Waals surface area contributed by atoms with Crippen molar-refractivity contribution in [3.63, 3.8) is 0 Å². The minimum atomic E-state index is -0.0963. The Bertz CT molecular complexity index is 800. The van der Waals surface area contributed by atoms with Crippen molar-refractivity contribution in [2.75, 3.05) is 5.32 Å². The standard InChI is InChI=1S/C21H25N3OS/c1-14-2-4-17(5-3-14)20-9-15-8-16(10-20)12-21(11-15,13-20)24-18(25)23-19-22-6-7-26-19/h2-7,15-16H,8-13H2,1H3,(H2,22,23,24,25)/t15-,16-,20?,21?/m0/s1. The molecule has 0 aliphatic heterocycles. The molecule has 4 bridgehead atoms. The number of nitrogens with zero attached hydrogens (tertiary/aromatic N) is 1. The van der Waals surface area contributed by atoms with E-state index in [0.29, 0.717) is 5.13 Å². The fourth-order valence-corrected chi connectivity index (χ4v) is 6.83. The van der Waals surface area contributed by atoms with Gasteiger partial charge in [0.05, 0.1) is 0 Å². The molecule has 1 heterocycles. The van der Waals surface area contributed by atoms with E-state index in [2.05, 4.69) is 46.8 Å². The van der Waals surface area contributed by atoms with Gasteiger partial charge in [0.2, 0.25) is 0 Å². The van der Waals surface area contributed by atoms with Crippen molar-refractivity contribution in [2.45, 2.75) is 56.4 Å². The molecule has 4 aliphatic carbocycles. The largest absolute Gasteiger partial charge is 0.332 e. The Kier molecular flexibility index (Phi) is 3.64. The number of hydrogen-bond donors (Lipinski definition) is 2. The highest BCUT2D eigenvalue weighted by Gasteiger charge is 2.58. The van der Waals surface area contributed by atoms with Gasteiger partial charge >= 0.3 is 6.03 Å². The normalized spacial score (nSPS) is 34.7. The first-order valence-corrected chi connectivity index (χ1v) is 10.5. The van der Waals surface area contributed by atoms with Crippen LogP contribution in [0.1, 0.15) is 49.7 Å². The summed E-state index contributed by atoms with van der Waals surface area (Å²) in [5, 5.41) is 8.85.